The van der Waals surface area contributed by atoms with Crippen LogP contribution in [-0.2, 0) is 17.9 Å². The van der Waals surface area contributed by atoms with Gasteiger partial charge in [-0.15, -0.1) is 0 Å². The molecule has 0 radical (unpaired) electrons. The molecular weight excluding hydrogens is 379 g/mol. The van der Waals surface area contributed by atoms with Crippen molar-refractivity contribution in [3.8, 4) is 0 Å². The Bertz CT molecular complexity index is 803. The Hall–Kier alpha value is -2.44. The summed E-state index contributed by atoms with van der Waals surface area (Å²) < 4.78 is 13.0. The van der Waals surface area contributed by atoms with E-state index >= 15 is 0 Å². The van der Waals surface area contributed by atoms with Crippen molar-refractivity contribution in [3.63, 3.8) is 0 Å². The van der Waals surface area contributed by atoms with E-state index in [1.54, 1.807) is 12.1 Å². The summed E-state index contributed by atoms with van der Waals surface area (Å²) in [6.45, 7) is 7.43. The highest BCUT2D eigenvalue weighted by atomic mass is 19.1. The lowest BCUT2D eigenvalue weighted by Crippen LogP contribution is -2.45. The molecule has 5 nitrogen and oxygen atoms in total. The lowest BCUT2D eigenvalue weighted by molar-refractivity contribution is -0.121. The summed E-state index contributed by atoms with van der Waals surface area (Å²) in [5.41, 5.74) is 3.42. The molecule has 1 aliphatic rings. The van der Waals surface area contributed by atoms with E-state index in [2.05, 4.69) is 52.6 Å². The minimum atomic E-state index is -0.224. The van der Waals surface area contributed by atoms with E-state index in [4.69, 9.17) is 0 Å². The van der Waals surface area contributed by atoms with Gasteiger partial charge in [0.2, 0.25) is 5.91 Å². The molecule has 0 saturated carbocycles. The Morgan fingerprint density at radius 1 is 1.03 bits per heavy atom. The Balaban J connectivity index is 1.41. The van der Waals surface area contributed by atoms with Crippen LogP contribution in [-0.4, -0.2) is 50.1 Å². The maximum absolute atomic E-state index is 13.0. The van der Waals surface area contributed by atoms with Crippen LogP contribution in [0.1, 0.15) is 30.9 Å². The monoisotopic (exact) mass is 412 g/mol. The fourth-order valence-electron chi connectivity index (χ4n) is 3.64. The number of hydrogen-bond donors (Lipinski definition) is 2. The second-order valence-corrected chi connectivity index (χ2v) is 8.14. The molecule has 3 rings (SSSR count). The Labute approximate surface area is 179 Å². The number of piperazine rings is 1. The number of nitrogens with one attached hydrogen (secondary N) is 2. The first-order valence-electron chi connectivity index (χ1n) is 10.8. The van der Waals surface area contributed by atoms with Crippen LogP contribution in [0.2, 0.25) is 0 Å². The molecule has 0 aromatic heterocycles. The van der Waals surface area contributed by atoms with Gasteiger partial charge in [-0.2, -0.15) is 0 Å². The van der Waals surface area contributed by atoms with E-state index in [9.17, 15) is 9.18 Å². The number of anilines is 1. The zero-order valence-electron chi connectivity index (χ0n) is 18.0. The molecule has 2 aromatic carbocycles. The first-order valence-corrected chi connectivity index (χ1v) is 10.8. The predicted octanol–water partition coefficient (Wildman–Crippen LogP) is 3.15. The fourth-order valence-corrected chi connectivity index (χ4v) is 3.64. The molecule has 2 N–H and O–H groups in total. The largest absolute Gasteiger partial charge is 0.369 e. The second kappa shape index (κ2) is 11.1. The summed E-state index contributed by atoms with van der Waals surface area (Å²) in [4.78, 5) is 17.1. The third-order valence-electron chi connectivity index (χ3n) is 5.68. The maximum Gasteiger partial charge on any atom is 0.220 e. The highest BCUT2D eigenvalue weighted by Gasteiger charge is 2.17. The number of halogens is 1. The van der Waals surface area contributed by atoms with Gasteiger partial charge in [-0.3, -0.25) is 4.79 Å². The molecule has 162 valence electrons. The molecule has 1 aliphatic heterocycles. The minimum Gasteiger partial charge on any atom is -0.369 e. The smallest absolute Gasteiger partial charge is 0.220 e. The van der Waals surface area contributed by atoms with Crippen molar-refractivity contribution < 1.29 is 9.18 Å². The third kappa shape index (κ3) is 6.82. The van der Waals surface area contributed by atoms with Gasteiger partial charge in [0.25, 0.3) is 0 Å². The number of hydrogen-bond acceptors (Lipinski definition) is 4. The standard InChI is InChI=1S/C24H33FN4O/c1-19(26-17-20-8-10-22(25)11-9-20)7-12-24(30)27-18-21-5-3-4-6-23(21)29-15-13-28(2)14-16-29/h3-6,8-11,19,26H,7,12-18H2,1-2H3,(H,27,30). The third-order valence-corrected chi connectivity index (χ3v) is 5.68. The van der Waals surface area contributed by atoms with Crippen LogP contribution in [0.15, 0.2) is 48.5 Å². The van der Waals surface area contributed by atoms with Gasteiger partial charge >= 0.3 is 0 Å². The molecule has 0 spiro atoms. The second-order valence-electron chi connectivity index (χ2n) is 8.14. The van der Waals surface area contributed by atoms with Gasteiger partial charge in [0.15, 0.2) is 0 Å². The van der Waals surface area contributed by atoms with Gasteiger partial charge < -0.3 is 20.4 Å². The first-order chi connectivity index (χ1) is 14.5. The lowest BCUT2D eigenvalue weighted by Gasteiger charge is -2.35. The SMILES string of the molecule is CC(CCC(=O)NCc1ccccc1N1CCN(C)CC1)NCc1ccc(F)cc1. The van der Waals surface area contributed by atoms with Crippen LogP contribution < -0.4 is 15.5 Å². The Morgan fingerprint density at radius 2 is 1.73 bits per heavy atom. The quantitative estimate of drug-likeness (QED) is 0.664. The molecule has 1 fully saturated rings. The van der Waals surface area contributed by atoms with Crippen LogP contribution >= 0.6 is 0 Å². The van der Waals surface area contributed by atoms with Crippen molar-refractivity contribution in [1.82, 2.24) is 15.5 Å². The first kappa shape index (κ1) is 22.2. The number of amides is 1. The number of benzene rings is 2. The molecule has 1 amide bonds. The molecule has 0 aliphatic carbocycles. The van der Waals surface area contributed by atoms with Crippen molar-refractivity contribution >= 4 is 11.6 Å². The maximum atomic E-state index is 13.0. The Kier molecular flexibility index (Phi) is 8.22. The molecule has 1 unspecified atom stereocenters. The average molecular weight is 413 g/mol. The van der Waals surface area contributed by atoms with Crippen LogP contribution in [0.4, 0.5) is 10.1 Å². The van der Waals surface area contributed by atoms with Crippen molar-refractivity contribution in [1.29, 1.82) is 0 Å². The fraction of sp³-hybridized carbons (Fsp3) is 0.458. The number of carbonyl (C=O) groups is 1. The van der Waals surface area contributed by atoms with E-state index in [1.165, 1.54) is 17.8 Å². The summed E-state index contributed by atoms with van der Waals surface area (Å²) in [5.74, 6) is -0.156. The molecule has 0 bridgehead atoms. The average Bonchev–Trinajstić information content (AvgIpc) is 2.76. The number of para-hydroxylation sites is 1. The van der Waals surface area contributed by atoms with Gasteiger partial charge in [-0.05, 0) is 49.7 Å². The van der Waals surface area contributed by atoms with Crippen LogP contribution in [0, 0.1) is 5.82 Å². The summed E-state index contributed by atoms with van der Waals surface area (Å²) >= 11 is 0. The lowest BCUT2D eigenvalue weighted by atomic mass is 10.1. The summed E-state index contributed by atoms with van der Waals surface area (Å²) in [7, 11) is 2.15. The number of likely N-dealkylation sites (N-methyl/N-ethyl adjacent to an activating group) is 1. The molecule has 2 aromatic rings. The van der Waals surface area contributed by atoms with Crippen LogP contribution in [0.25, 0.3) is 0 Å². The van der Waals surface area contributed by atoms with E-state index < -0.39 is 0 Å². The summed E-state index contributed by atoms with van der Waals surface area (Å²) in [5, 5.41) is 6.47. The van der Waals surface area contributed by atoms with Crippen LogP contribution in [0.3, 0.4) is 0 Å². The minimum absolute atomic E-state index is 0.0682. The highest BCUT2D eigenvalue weighted by molar-refractivity contribution is 5.76. The van der Waals surface area contributed by atoms with Gasteiger partial charge in [-0.1, -0.05) is 30.3 Å². The van der Waals surface area contributed by atoms with Crippen molar-refractivity contribution in [3.05, 3.63) is 65.5 Å². The van der Waals surface area contributed by atoms with E-state index in [0.29, 0.717) is 19.5 Å². The van der Waals surface area contributed by atoms with Crippen molar-refractivity contribution in [2.75, 3.05) is 38.1 Å². The molecule has 1 atom stereocenters. The topological polar surface area (TPSA) is 47.6 Å². The van der Waals surface area contributed by atoms with Gasteiger partial charge in [0.1, 0.15) is 5.82 Å². The number of carbonyl (C=O) groups excluding carboxylic acids is 1. The molecule has 6 heteroatoms. The molecule has 1 heterocycles. The summed E-state index contributed by atoms with van der Waals surface area (Å²) in [6, 6.07) is 15.0. The Morgan fingerprint density at radius 3 is 2.47 bits per heavy atom. The van der Waals surface area contributed by atoms with Gasteiger partial charge in [0.05, 0.1) is 0 Å². The molecular formula is C24H33FN4O. The van der Waals surface area contributed by atoms with Crippen molar-refractivity contribution in [2.45, 2.75) is 38.9 Å². The van der Waals surface area contributed by atoms with E-state index in [0.717, 1.165) is 43.7 Å². The van der Waals surface area contributed by atoms with Gasteiger partial charge in [-0.25, -0.2) is 4.39 Å². The summed E-state index contributed by atoms with van der Waals surface area (Å²) in [6.07, 6.45) is 1.24. The van der Waals surface area contributed by atoms with Crippen molar-refractivity contribution in [2.24, 2.45) is 0 Å². The normalized spacial score (nSPS) is 15.8. The van der Waals surface area contributed by atoms with E-state index in [1.807, 2.05) is 6.07 Å². The number of rotatable bonds is 9. The van der Waals surface area contributed by atoms with Crippen LogP contribution in [0.5, 0.6) is 0 Å². The van der Waals surface area contributed by atoms with Gasteiger partial charge in [0, 0.05) is 57.4 Å². The van der Waals surface area contributed by atoms with E-state index in [-0.39, 0.29) is 17.8 Å². The predicted molar refractivity (Wildman–Crippen MR) is 120 cm³/mol. The zero-order valence-corrected chi connectivity index (χ0v) is 18.0. The molecule has 30 heavy (non-hydrogen) atoms. The highest BCUT2D eigenvalue weighted by Crippen LogP contribution is 2.21. The molecule has 1 saturated heterocycles. The number of nitrogens with zero attached hydrogens (tertiary/aromatic N) is 2. The zero-order chi connectivity index (χ0) is 21.3.